The molecule has 0 radical (unpaired) electrons. The molecule has 94 valence electrons. The Morgan fingerprint density at radius 2 is 1.67 bits per heavy atom. The fraction of sp³-hybridized carbons (Fsp3) is 0.200. The largest absolute Gasteiger partial charge is 0.375 e. The van der Waals surface area contributed by atoms with Crippen LogP contribution in [0.4, 0.5) is 0 Å². The second kappa shape index (κ2) is 6.01. The van der Waals surface area contributed by atoms with Crippen molar-refractivity contribution in [1.82, 2.24) is 0 Å². The Labute approximate surface area is 112 Å². The zero-order chi connectivity index (χ0) is 13.0. The minimum absolute atomic E-state index is 0.176. The molecule has 0 aliphatic heterocycles. The number of methoxy groups -OCH3 is 1. The van der Waals surface area contributed by atoms with Crippen LogP contribution in [-0.2, 0) is 4.74 Å². The van der Waals surface area contributed by atoms with E-state index in [9.17, 15) is 0 Å². The zero-order valence-electron chi connectivity index (χ0n) is 10.2. The second-order valence-electron chi connectivity index (χ2n) is 4.15. The highest BCUT2D eigenvalue weighted by molar-refractivity contribution is 6.30. The van der Waals surface area contributed by atoms with Crippen LogP contribution < -0.4 is 5.73 Å². The highest BCUT2D eigenvalue weighted by Crippen LogP contribution is 2.30. The van der Waals surface area contributed by atoms with Gasteiger partial charge in [0, 0.05) is 12.1 Å². The number of nitrogens with two attached hydrogens (primary N) is 1. The number of ether oxygens (including phenoxy) is 1. The molecule has 0 heterocycles. The number of halogens is 1. The molecule has 2 aromatic rings. The van der Waals surface area contributed by atoms with E-state index in [-0.39, 0.29) is 12.1 Å². The molecule has 2 rings (SSSR count). The van der Waals surface area contributed by atoms with E-state index in [1.807, 2.05) is 54.6 Å². The monoisotopic (exact) mass is 261 g/mol. The van der Waals surface area contributed by atoms with Crippen molar-refractivity contribution in [2.75, 3.05) is 7.11 Å². The van der Waals surface area contributed by atoms with Crippen LogP contribution >= 0.6 is 11.6 Å². The van der Waals surface area contributed by atoms with Gasteiger partial charge in [0.25, 0.3) is 0 Å². The van der Waals surface area contributed by atoms with Crippen LogP contribution in [0.15, 0.2) is 54.6 Å². The Morgan fingerprint density at radius 1 is 1.00 bits per heavy atom. The van der Waals surface area contributed by atoms with Crippen LogP contribution in [0, 0.1) is 0 Å². The van der Waals surface area contributed by atoms with E-state index in [0.717, 1.165) is 11.1 Å². The van der Waals surface area contributed by atoms with E-state index in [1.54, 1.807) is 7.11 Å². The summed E-state index contributed by atoms with van der Waals surface area (Å²) in [5.74, 6) is 0. The maximum Gasteiger partial charge on any atom is 0.101 e. The first-order chi connectivity index (χ1) is 8.72. The van der Waals surface area contributed by atoms with Crippen LogP contribution in [0.3, 0.4) is 0 Å². The summed E-state index contributed by atoms with van der Waals surface area (Å²) in [6.45, 7) is 0. The molecule has 2 aromatic carbocycles. The summed E-state index contributed by atoms with van der Waals surface area (Å²) >= 11 is 5.99. The van der Waals surface area contributed by atoms with Crippen LogP contribution in [0.2, 0.25) is 5.02 Å². The fourth-order valence-corrected chi connectivity index (χ4v) is 2.22. The maximum absolute atomic E-state index is 6.27. The van der Waals surface area contributed by atoms with Crippen LogP contribution in [-0.4, -0.2) is 7.11 Å². The second-order valence-corrected chi connectivity index (χ2v) is 4.58. The van der Waals surface area contributed by atoms with Gasteiger partial charge in [-0.3, -0.25) is 0 Å². The van der Waals surface area contributed by atoms with E-state index in [1.165, 1.54) is 0 Å². The van der Waals surface area contributed by atoms with E-state index in [4.69, 9.17) is 22.1 Å². The van der Waals surface area contributed by atoms with Gasteiger partial charge in [-0.15, -0.1) is 0 Å². The molecule has 2 N–H and O–H groups in total. The van der Waals surface area contributed by atoms with Crippen molar-refractivity contribution in [3.05, 3.63) is 70.7 Å². The summed E-state index contributed by atoms with van der Waals surface area (Å²) in [6, 6.07) is 17.3. The topological polar surface area (TPSA) is 35.2 Å². The minimum Gasteiger partial charge on any atom is -0.375 e. The van der Waals surface area contributed by atoms with Gasteiger partial charge >= 0.3 is 0 Å². The molecule has 0 bridgehead atoms. The predicted octanol–water partition coefficient (Wildman–Crippen LogP) is 3.73. The Morgan fingerprint density at radius 3 is 2.28 bits per heavy atom. The van der Waals surface area contributed by atoms with Crippen molar-refractivity contribution >= 4 is 11.6 Å². The molecule has 0 amide bonds. The highest BCUT2D eigenvalue weighted by atomic mass is 35.5. The molecule has 0 saturated heterocycles. The molecule has 0 aliphatic rings. The molecular weight excluding hydrogens is 246 g/mol. The van der Waals surface area contributed by atoms with Gasteiger partial charge in [0.1, 0.15) is 6.10 Å². The summed E-state index contributed by atoms with van der Waals surface area (Å²) in [5, 5.41) is 0.686. The van der Waals surface area contributed by atoms with Crippen molar-refractivity contribution in [3.63, 3.8) is 0 Å². The molecule has 2 atom stereocenters. The normalized spacial score (nSPS) is 14.2. The number of hydrogen-bond acceptors (Lipinski definition) is 2. The van der Waals surface area contributed by atoms with Gasteiger partial charge in [-0.05, 0) is 23.3 Å². The molecule has 18 heavy (non-hydrogen) atoms. The Kier molecular flexibility index (Phi) is 4.37. The molecule has 0 aromatic heterocycles. The lowest BCUT2D eigenvalue weighted by Gasteiger charge is -2.23. The van der Waals surface area contributed by atoms with Gasteiger partial charge in [-0.25, -0.2) is 0 Å². The lowest BCUT2D eigenvalue weighted by Crippen LogP contribution is -2.21. The van der Waals surface area contributed by atoms with Crippen LogP contribution in [0.1, 0.15) is 23.3 Å². The summed E-state index contributed by atoms with van der Waals surface area (Å²) in [4.78, 5) is 0. The van der Waals surface area contributed by atoms with E-state index in [2.05, 4.69) is 0 Å². The van der Waals surface area contributed by atoms with Crippen molar-refractivity contribution in [2.45, 2.75) is 12.1 Å². The first kappa shape index (κ1) is 13.1. The van der Waals surface area contributed by atoms with Crippen LogP contribution in [0.25, 0.3) is 0 Å². The SMILES string of the molecule is COC(c1ccccc1)C(N)c1cccc(Cl)c1. The zero-order valence-corrected chi connectivity index (χ0v) is 11.0. The lowest BCUT2D eigenvalue weighted by molar-refractivity contribution is 0.0802. The number of rotatable bonds is 4. The third kappa shape index (κ3) is 2.91. The highest BCUT2D eigenvalue weighted by Gasteiger charge is 2.20. The van der Waals surface area contributed by atoms with E-state index >= 15 is 0 Å². The van der Waals surface area contributed by atoms with Gasteiger partial charge in [0.15, 0.2) is 0 Å². The predicted molar refractivity (Wildman–Crippen MR) is 74.6 cm³/mol. The third-order valence-corrected chi connectivity index (χ3v) is 3.18. The molecule has 0 aliphatic carbocycles. The van der Waals surface area contributed by atoms with Crippen molar-refractivity contribution < 1.29 is 4.74 Å². The standard InChI is InChI=1S/C15H16ClNO/c1-18-15(11-6-3-2-4-7-11)14(17)12-8-5-9-13(16)10-12/h2-10,14-15H,17H2,1H3. The number of hydrogen-bond donors (Lipinski definition) is 1. The average Bonchev–Trinajstić information content (AvgIpc) is 2.41. The fourth-order valence-electron chi connectivity index (χ4n) is 2.02. The molecule has 0 spiro atoms. The first-order valence-corrected chi connectivity index (χ1v) is 6.19. The summed E-state index contributed by atoms with van der Waals surface area (Å²) in [6.07, 6.45) is -0.176. The van der Waals surface area contributed by atoms with Gasteiger partial charge in [-0.1, -0.05) is 54.1 Å². The molecular formula is C15H16ClNO. The van der Waals surface area contributed by atoms with Gasteiger partial charge in [-0.2, -0.15) is 0 Å². The van der Waals surface area contributed by atoms with Gasteiger partial charge in [0.2, 0.25) is 0 Å². The van der Waals surface area contributed by atoms with Crippen molar-refractivity contribution in [1.29, 1.82) is 0 Å². The quantitative estimate of drug-likeness (QED) is 0.910. The smallest absolute Gasteiger partial charge is 0.101 e. The average molecular weight is 262 g/mol. The van der Waals surface area contributed by atoms with Gasteiger partial charge < -0.3 is 10.5 Å². The number of benzene rings is 2. The first-order valence-electron chi connectivity index (χ1n) is 5.81. The van der Waals surface area contributed by atoms with E-state index in [0.29, 0.717) is 5.02 Å². The summed E-state index contributed by atoms with van der Waals surface area (Å²) < 4.78 is 5.52. The minimum atomic E-state index is -0.240. The van der Waals surface area contributed by atoms with Crippen molar-refractivity contribution in [3.8, 4) is 0 Å². The molecule has 0 saturated carbocycles. The summed E-state index contributed by atoms with van der Waals surface area (Å²) in [7, 11) is 1.67. The molecule has 3 heteroatoms. The summed E-state index contributed by atoms with van der Waals surface area (Å²) in [5.41, 5.74) is 8.30. The molecule has 2 nitrogen and oxygen atoms in total. The maximum atomic E-state index is 6.27. The van der Waals surface area contributed by atoms with Gasteiger partial charge in [0.05, 0.1) is 6.04 Å². The Bertz CT molecular complexity index is 501. The molecule has 2 unspecified atom stereocenters. The Hall–Kier alpha value is -1.35. The molecule has 0 fully saturated rings. The third-order valence-electron chi connectivity index (χ3n) is 2.94. The van der Waals surface area contributed by atoms with E-state index < -0.39 is 0 Å². The van der Waals surface area contributed by atoms with Crippen LogP contribution in [0.5, 0.6) is 0 Å². The van der Waals surface area contributed by atoms with Crippen molar-refractivity contribution in [2.24, 2.45) is 5.73 Å². The lowest BCUT2D eigenvalue weighted by atomic mass is 9.96. The Balaban J connectivity index is 2.28.